The molecule has 1 aromatic heterocycles. The second kappa shape index (κ2) is 7.98. The molecule has 126 valence electrons. The number of nitrogens with one attached hydrogen (secondary N) is 1. The van der Waals surface area contributed by atoms with Crippen LogP contribution in [0.1, 0.15) is 29.5 Å². The van der Waals surface area contributed by atoms with Gasteiger partial charge in [0.05, 0.1) is 0 Å². The minimum Gasteiger partial charge on any atom is -0.374 e. The fraction of sp³-hybridized carbons (Fsp3) is 0.444. The maximum atomic E-state index is 9.10. The number of likely N-dealkylation sites (tertiary alicyclic amines) is 1. The Morgan fingerprint density at radius 3 is 2.71 bits per heavy atom. The maximum absolute atomic E-state index is 9.10. The second-order valence-electron chi connectivity index (χ2n) is 6.38. The van der Waals surface area contributed by atoms with Crippen molar-refractivity contribution in [2.45, 2.75) is 26.3 Å². The maximum Gasteiger partial charge on any atom is 0.162 e. The van der Waals surface area contributed by atoms with Crippen molar-refractivity contribution >= 4 is 28.1 Å². The van der Waals surface area contributed by atoms with E-state index >= 15 is 0 Å². The Morgan fingerprint density at radius 1 is 1.33 bits per heavy atom. The van der Waals surface area contributed by atoms with Gasteiger partial charge in [0, 0.05) is 13.1 Å². The van der Waals surface area contributed by atoms with E-state index in [4.69, 9.17) is 16.9 Å². The van der Waals surface area contributed by atoms with Crippen molar-refractivity contribution in [2.75, 3.05) is 25.0 Å². The summed E-state index contributed by atoms with van der Waals surface area (Å²) in [5.74, 6) is 0.631. The summed E-state index contributed by atoms with van der Waals surface area (Å²) >= 11 is 7.17. The largest absolute Gasteiger partial charge is 0.374 e. The van der Waals surface area contributed by atoms with E-state index < -0.39 is 0 Å². The topological polar surface area (TPSA) is 52.0 Å². The van der Waals surface area contributed by atoms with E-state index in [1.807, 2.05) is 0 Å². The van der Waals surface area contributed by atoms with Gasteiger partial charge in [-0.15, -0.1) is 0 Å². The zero-order valence-corrected chi connectivity index (χ0v) is 15.3. The van der Waals surface area contributed by atoms with Crippen molar-refractivity contribution < 1.29 is 0 Å². The van der Waals surface area contributed by atoms with Crippen LogP contribution in [0.5, 0.6) is 0 Å². The Hall–Kier alpha value is -1.61. The second-order valence-corrected chi connectivity index (χ2v) is 7.51. The molecule has 6 heteroatoms. The van der Waals surface area contributed by atoms with Crippen LogP contribution < -0.4 is 5.32 Å². The monoisotopic (exact) mass is 360 g/mol. The molecule has 4 nitrogen and oxygen atoms in total. The number of halogens is 1. The van der Waals surface area contributed by atoms with Crippen molar-refractivity contribution in [3.8, 4) is 6.07 Å². The number of aryl methyl sites for hydroxylation is 1. The molecule has 1 aliphatic heterocycles. The Balaban J connectivity index is 1.45. The first kappa shape index (κ1) is 17.2. The highest BCUT2D eigenvalue weighted by Gasteiger charge is 2.20. The predicted molar refractivity (Wildman–Crippen MR) is 99.5 cm³/mol. The molecule has 1 aromatic carbocycles. The summed E-state index contributed by atoms with van der Waals surface area (Å²) < 4.78 is 4.03. The van der Waals surface area contributed by atoms with Crippen molar-refractivity contribution in [3.05, 3.63) is 46.1 Å². The molecule has 1 N–H and O–H groups in total. The van der Waals surface area contributed by atoms with Crippen LogP contribution in [0.4, 0.5) is 5.00 Å². The zero-order valence-electron chi connectivity index (χ0n) is 13.8. The molecule has 0 spiro atoms. The molecule has 24 heavy (non-hydrogen) atoms. The molecular formula is C18H21ClN4S. The summed E-state index contributed by atoms with van der Waals surface area (Å²) in [6.45, 7) is 6.27. The highest BCUT2D eigenvalue weighted by Crippen LogP contribution is 2.28. The van der Waals surface area contributed by atoms with Crippen LogP contribution in [-0.2, 0) is 6.54 Å². The van der Waals surface area contributed by atoms with Gasteiger partial charge in [-0.1, -0.05) is 41.4 Å². The van der Waals surface area contributed by atoms with Gasteiger partial charge in [0.1, 0.15) is 16.6 Å². The Morgan fingerprint density at radius 2 is 2.04 bits per heavy atom. The molecule has 2 aromatic rings. The van der Waals surface area contributed by atoms with Gasteiger partial charge in [0.2, 0.25) is 0 Å². The first-order valence-electron chi connectivity index (χ1n) is 8.22. The normalized spacial score (nSPS) is 16.0. The highest BCUT2D eigenvalue weighted by molar-refractivity contribution is 7.10. The van der Waals surface area contributed by atoms with Crippen LogP contribution in [0.3, 0.4) is 0 Å². The van der Waals surface area contributed by atoms with Gasteiger partial charge in [-0.05, 0) is 55.9 Å². The number of hydrogen-bond acceptors (Lipinski definition) is 5. The fourth-order valence-electron chi connectivity index (χ4n) is 3.03. The third kappa shape index (κ3) is 4.27. The molecular weight excluding hydrogens is 340 g/mol. The van der Waals surface area contributed by atoms with E-state index in [-0.39, 0.29) is 0 Å². The minimum atomic E-state index is 0.304. The number of anilines is 1. The van der Waals surface area contributed by atoms with Gasteiger partial charge < -0.3 is 5.32 Å². The lowest BCUT2D eigenvalue weighted by atomic mass is 9.96. The molecule has 1 fully saturated rings. The predicted octanol–water partition coefficient (Wildman–Crippen LogP) is 4.30. The summed E-state index contributed by atoms with van der Waals surface area (Å²) in [7, 11) is 0. The molecule has 1 saturated heterocycles. The third-order valence-corrected chi connectivity index (χ3v) is 5.73. The molecule has 0 atom stereocenters. The van der Waals surface area contributed by atoms with Crippen LogP contribution in [0.15, 0.2) is 24.3 Å². The first-order chi connectivity index (χ1) is 11.7. The lowest BCUT2D eigenvalue weighted by molar-refractivity contribution is 0.182. The quantitative estimate of drug-likeness (QED) is 0.863. The van der Waals surface area contributed by atoms with E-state index in [9.17, 15) is 0 Å². The molecule has 0 amide bonds. The van der Waals surface area contributed by atoms with Crippen LogP contribution >= 0.6 is 23.1 Å². The van der Waals surface area contributed by atoms with E-state index in [1.54, 1.807) is 0 Å². The van der Waals surface area contributed by atoms with Crippen molar-refractivity contribution in [1.29, 1.82) is 5.26 Å². The van der Waals surface area contributed by atoms with Crippen LogP contribution in [0, 0.1) is 24.2 Å². The zero-order chi connectivity index (χ0) is 16.9. The molecule has 0 bridgehead atoms. The lowest BCUT2D eigenvalue weighted by Crippen LogP contribution is -2.35. The summed E-state index contributed by atoms with van der Waals surface area (Å²) in [6, 6.07) is 10.9. The Kier molecular flexibility index (Phi) is 5.72. The summed E-state index contributed by atoms with van der Waals surface area (Å²) in [5, 5.41) is 13.6. The highest BCUT2D eigenvalue weighted by atomic mass is 35.5. The lowest BCUT2D eigenvalue weighted by Gasteiger charge is -2.32. The summed E-state index contributed by atoms with van der Waals surface area (Å²) in [4.78, 5) is 2.52. The first-order valence-corrected chi connectivity index (χ1v) is 9.38. The Labute approximate surface area is 152 Å². The average Bonchev–Trinajstić information content (AvgIpc) is 2.96. The van der Waals surface area contributed by atoms with Crippen molar-refractivity contribution in [1.82, 2.24) is 9.27 Å². The average molecular weight is 361 g/mol. The summed E-state index contributed by atoms with van der Waals surface area (Å²) in [6.07, 6.45) is 2.35. The van der Waals surface area contributed by atoms with Gasteiger partial charge in [-0.2, -0.15) is 9.64 Å². The number of hydrogen-bond donors (Lipinski definition) is 1. The number of aromatic nitrogens is 1. The van der Waals surface area contributed by atoms with Crippen molar-refractivity contribution in [2.24, 2.45) is 5.92 Å². The number of nitriles is 1. The van der Waals surface area contributed by atoms with Gasteiger partial charge >= 0.3 is 0 Å². The third-order valence-electron chi connectivity index (χ3n) is 4.55. The molecule has 0 saturated carbocycles. The standard InChI is InChI=1S/C18H21ClN4S/c1-13-2-4-15(5-3-13)12-23-8-6-14(7-9-23)11-21-18-16(10-20)17(19)22-24-18/h2-5,14,21H,6-9,11-12H2,1H3. The van der Waals surface area contributed by atoms with Gasteiger partial charge in [0.15, 0.2) is 5.15 Å². The van der Waals surface area contributed by atoms with E-state index in [0.717, 1.165) is 31.2 Å². The number of nitrogens with zero attached hydrogens (tertiary/aromatic N) is 3. The molecule has 2 heterocycles. The van der Waals surface area contributed by atoms with E-state index in [1.165, 1.54) is 35.5 Å². The molecule has 0 radical (unpaired) electrons. The molecule has 0 aliphatic carbocycles. The van der Waals surface area contributed by atoms with Crippen molar-refractivity contribution in [3.63, 3.8) is 0 Å². The molecule has 1 aliphatic rings. The van der Waals surface area contributed by atoms with Crippen LogP contribution in [0.25, 0.3) is 0 Å². The number of rotatable bonds is 5. The number of piperidine rings is 1. The Bertz CT molecular complexity index is 712. The van der Waals surface area contributed by atoms with E-state index in [2.05, 4.69) is 51.8 Å². The molecule has 3 rings (SSSR count). The van der Waals surface area contributed by atoms with Gasteiger partial charge in [-0.25, -0.2) is 0 Å². The SMILES string of the molecule is Cc1ccc(CN2CCC(CNc3snc(Cl)c3C#N)CC2)cc1. The minimum absolute atomic E-state index is 0.304. The van der Waals surface area contributed by atoms with Crippen LogP contribution in [-0.4, -0.2) is 28.9 Å². The smallest absolute Gasteiger partial charge is 0.162 e. The summed E-state index contributed by atoms with van der Waals surface area (Å²) in [5.41, 5.74) is 3.16. The van der Waals surface area contributed by atoms with Gasteiger partial charge in [0.25, 0.3) is 0 Å². The molecule has 0 unspecified atom stereocenters. The van der Waals surface area contributed by atoms with Gasteiger partial charge in [-0.3, -0.25) is 4.90 Å². The van der Waals surface area contributed by atoms with E-state index in [0.29, 0.717) is 16.6 Å². The number of benzene rings is 1. The van der Waals surface area contributed by atoms with Crippen LogP contribution in [0.2, 0.25) is 5.15 Å². The fourth-order valence-corrected chi connectivity index (χ4v) is 3.97.